The van der Waals surface area contributed by atoms with Crippen molar-refractivity contribution in [1.82, 2.24) is 14.8 Å². The summed E-state index contributed by atoms with van der Waals surface area (Å²) in [5, 5.41) is 0. The lowest BCUT2D eigenvalue weighted by Gasteiger charge is -2.39. The van der Waals surface area contributed by atoms with Crippen molar-refractivity contribution in [2.24, 2.45) is 0 Å². The monoisotopic (exact) mass is 303 g/mol. The number of carbonyl (C=O) groups excluding carboxylic acids is 3. The fourth-order valence-electron chi connectivity index (χ4n) is 2.51. The topological polar surface area (TPSA) is 79.8 Å². The van der Waals surface area contributed by atoms with Crippen LogP contribution in [0.5, 0.6) is 5.88 Å². The number of aryl methyl sites for hydroxylation is 1. The maximum Gasteiger partial charge on any atom is 0.243 e. The molecule has 3 heterocycles. The Morgan fingerprint density at radius 2 is 1.95 bits per heavy atom. The Morgan fingerprint density at radius 3 is 2.59 bits per heavy atom. The van der Waals surface area contributed by atoms with Gasteiger partial charge in [0.25, 0.3) is 0 Å². The van der Waals surface area contributed by atoms with E-state index >= 15 is 0 Å². The zero-order valence-corrected chi connectivity index (χ0v) is 12.3. The molecule has 3 amide bonds. The van der Waals surface area contributed by atoms with Gasteiger partial charge in [0.05, 0.1) is 13.1 Å². The quantitative estimate of drug-likeness (QED) is 0.739. The van der Waals surface area contributed by atoms with E-state index in [1.54, 1.807) is 11.0 Å². The average molecular weight is 303 g/mol. The molecule has 2 saturated heterocycles. The minimum absolute atomic E-state index is 0.0942. The van der Waals surface area contributed by atoms with Gasteiger partial charge in [0.2, 0.25) is 23.6 Å². The van der Waals surface area contributed by atoms with Gasteiger partial charge in [0.1, 0.15) is 12.6 Å². The zero-order valence-electron chi connectivity index (χ0n) is 12.3. The number of likely N-dealkylation sites (tertiary alicyclic amines) is 2. The molecule has 0 saturated carbocycles. The minimum atomic E-state index is -0.268. The van der Waals surface area contributed by atoms with E-state index in [2.05, 4.69) is 4.98 Å². The molecule has 116 valence electrons. The van der Waals surface area contributed by atoms with E-state index in [1.165, 1.54) is 0 Å². The Morgan fingerprint density at radius 1 is 1.27 bits per heavy atom. The zero-order chi connectivity index (χ0) is 15.7. The van der Waals surface area contributed by atoms with Gasteiger partial charge in [0, 0.05) is 24.6 Å². The first-order chi connectivity index (χ1) is 10.5. The summed E-state index contributed by atoms with van der Waals surface area (Å²) in [5.74, 6) is -0.214. The van der Waals surface area contributed by atoms with Crippen LogP contribution in [0.25, 0.3) is 0 Å². The maximum atomic E-state index is 12.0. The van der Waals surface area contributed by atoms with Crippen LogP contribution >= 0.6 is 0 Å². The van der Waals surface area contributed by atoms with Crippen LogP contribution in [0.2, 0.25) is 0 Å². The second-order valence-corrected chi connectivity index (χ2v) is 5.53. The van der Waals surface area contributed by atoms with Gasteiger partial charge >= 0.3 is 0 Å². The maximum absolute atomic E-state index is 12.0. The molecule has 1 aromatic heterocycles. The van der Waals surface area contributed by atoms with Crippen LogP contribution in [0.3, 0.4) is 0 Å². The van der Waals surface area contributed by atoms with Gasteiger partial charge in [-0.3, -0.25) is 19.3 Å². The molecule has 3 rings (SSSR count). The number of nitrogens with zero attached hydrogens (tertiary/aromatic N) is 3. The van der Waals surface area contributed by atoms with Crippen LogP contribution in [-0.4, -0.2) is 58.2 Å². The van der Waals surface area contributed by atoms with E-state index < -0.39 is 0 Å². The number of carbonyl (C=O) groups is 3. The van der Waals surface area contributed by atoms with Gasteiger partial charge < -0.3 is 9.64 Å². The Kier molecular flexibility index (Phi) is 3.79. The molecule has 0 atom stereocenters. The molecule has 2 fully saturated rings. The second kappa shape index (κ2) is 5.75. The number of amides is 3. The van der Waals surface area contributed by atoms with Crippen LogP contribution in [0, 0.1) is 6.92 Å². The van der Waals surface area contributed by atoms with Gasteiger partial charge in [-0.05, 0) is 13.0 Å². The van der Waals surface area contributed by atoms with E-state index in [0.717, 1.165) is 10.6 Å². The molecule has 22 heavy (non-hydrogen) atoms. The molecule has 0 spiro atoms. The normalized spacial score (nSPS) is 18.6. The van der Waals surface area contributed by atoms with Crippen LogP contribution in [0.4, 0.5) is 0 Å². The lowest BCUT2D eigenvalue weighted by Crippen LogP contribution is -2.58. The third-order valence-corrected chi connectivity index (χ3v) is 3.80. The van der Waals surface area contributed by atoms with E-state index in [4.69, 9.17) is 4.74 Å². The predicted octanol–water partition coefficient (Wildman–Crippen LogP) is 0.129. The molecule has 0 N–H and O–H groups in total. The third-order valence-electron chi connectivity index (χ3n) is 3.80. The first-order valence-electron chi connectivity index (χ1n) is 7.24. The highest BCUT2D eigenvalue weighted by atomic mass is 16.5. The van der Waals surface area contributed by atoms with Crippen LogP contribution in [-0.2, 0) is 14.4 Å². The molecule has 1 aromatic rings. The summed E-state index contributed by atoms with van der Waals surface area (Å²) in [6.45, 7) is 2.62. The minimum Gasteiger partial charge on any atom is -0.471 e. The molecule has 0 unspecified atom stereocenters. The number of aromatic nitrogens is 1. The summed E-state index contributed by atoms with van der Waals surface area (Å²) in [4.78, 5) is 41.9. The number of hydrogen-bond donors (Lipinski definition) is 0. The van der Waals surface area contributed by atoms with Crippen molar-refractivity contribution in [3.63, 3.8) is 0 Å². The summed E-state index contributed by atoms with van der Waals surface area (Å²) < 4.78 is 5.67. The molecule has 2 aliphatic rings. The van der Waals surface area contributed by atoms with Crippen molar-refractivity contribution in [3.8, 4) is 5.88 Å². The highest BCUT2D eigenvalue weighted by Crippen LogP contribution is 2.18. The third kappa shape index (κ3) is 2.93. The Hall–Kier alpha value is -2.44. The summed E-state index contributed by atoms with van der Waals surface area (Å²) in [5.41, 5.74) is 0.871. The Balaban J connectivity index is 1.47. The van der Waals surface area contributed by atoms with Crippen molar-refractivity contribution >= 4 is 17.7 Å². The lowest BCUT2D eigenvalue weighted by atomic mass is 10.1. The smallest absolute Gasteiger partial charge is 0.243 e. The molecule has 0 radical (unpaired) electrons. The fourth-order valence-corrected chi connectivity index (χ4v) is 2.51. The van der Waals surface area contributed by atoms with Gasteiger partial charge in [-0.15, -0.1) is 0 Å². The van der Waals surface area contributed by atoms with E-state index in [0.29, 0.717) is 19.0 Å². The van der Waals surface area contributed by atoms with Gasteiger partial charge in [-0.25, -0.2) is 4.98 Å². The molecular weight excluding hydrogens is 286 g/mol. The molecule has 7 nitrogen and oxygen atoms in total. The Bertz CT molecular complexity index is 609. The van der Waals surface area contributed by atoms with Crippen molar-refractivity contribution in [1.29, 1.82) is 0 Å². The number of ether oxygens (including phenoxy) is 1. The van der Waals surface area contributed by atoms with E-state index in [-0.39, 0.29) is 43.2 Å². The fraction of sp³-hybridized carbons (Fsp3) is 0.467. The van der Waals surface area contributed by atoms with E-state index in [1.807, 2.05) is 19.1 Å². The molecule has 0 aliphatic carbocycles. The van der Waals surface area contributed by atoms with Crippen LogP contribution in [0.1, 0.15) is 18.5 Å². The van der Waals surface area contributed by atoms with Gasteiger partial charge in [-0.1, -0.05) is 6.07 Å². The number of pyridine rings is 1. The summed E-state index contributed by atoms with van der Waals surface area (Å²) in [6, 6.07) is 5.52. The highest BCUT2D eigenvalue weighted by molar-refractivity contribution is 6.04. The number of hydrogen-bond acceptors (Lipinski definition) is 5. The second-order valence-electron chi connectivity index (χ2n) is 5.53. The van der Waals surface area contributed by atoms with Gasteiger partial charge in [-0.2, -0.15) is 0 Å². The van der Waals surface area contributed by atoms with Gasteiger partial charge in [0.15, 0.2) is 0 Å². The number of rotatable bonds is 4. The SMILES string of the molecule is Cc1cccc(OC2CN(C(=O)CN3C(=O)CCC3=O)C2)n1. The summed E-state index contributed by atoms with van der Waals surface area (Å²) >= 11 is 0. The van der Waals surface area contributed by atoms with E-state index in [9.17, 15) is 14.4 Å². The molecular formula is C15H17N3O4. The number of imide groups is 1. The largest absolute Gasteiger partial charge is 0.471 e. The first kappa shape index (κ1) is 14.5. The first-order valence-corrected chi connectivity index (χ1v) is 7.24. The van der Waals surface area contributed by atoms with Crippen molar-refractivity contribution in [2.75, 3.05) is 19.6 Å². The summed E-state index contributed by atoms with van der Waals surface area (Å²) in [7, 11) is 0. The van der Waals surface area contributed by atoms with Crippen molar-refractivity contribution in [2.45, 2.75) is 25.9 Å². The molecule has 7 heteroatoms. The lowest BCUT2D eigenvalue weighted by molar-refractivity contribution is -0.149. The van der Waals surface area contributed by atoms with Crippen molar-refractivity contribution in [3.05, 3.63) is 23.9 Å². The average Bonchev–Trinajstić information content (AvgIpc) is 2.74. The van der Waals surface area contributed by atoms with Crippen LogP contribution in [0.15, 0.2) is 18.2 Å². The van der Waals surface area contributed by atoms with Crippen LogP contribution < -0.4 is 4.74 Å². The van der Waals surface area contributed by atoms with Crippen molar-refractivity contribution < 1.29 is 19.1 Å². The molecule has 0 bridgehead atoms. The standard InChI is InChI=1S/C15H17N3O4/c1-10-3-2-4-12(16-10)22-11-7-17(8-11)15(21)9-18-13(19)5-6-14(18)20/h2-4,11H,5-9H2,1H3. The highest BCUT2D eigenvalue weighted by Gasteiger charge is 2.36. The molecule has 2 aliphatic heterocycles. The summed E-state index contributed by atoms with van der Waals surface area (Å²) in [6.07, 6.45) is 0.316. The predicted molar refractivity (Wildman–Crippen MR) is 75.9 cm³/mol. The molecule has 0 aromatic carbocycles. The Labute approximate surface area is 127 Å².